The van der Waals surface area contributed by atoms with Crippen LogP contribution in [0.4, 0.5) is 0 Å². The van der Waals surface area contributed by atoms with Gasteiger partial charge in [-0.25, -0.2) is 0 Å². The Morgan fingerprint density at radius 2 is 1.93 bits per heavy atom. The number of allylic oxidation sites excluding steroid dienone is 2. The fourth-order valence-electron chi connectivity index (χ4n) is 1.30. The fourth-order valence-corrected chi connectivity index (χ4v) is 1.30. The predicted octanol–water partition coefficient (Wildman–Crippen LogP) is 2.97. The van der Waals surface area contributed by atoms with Gasteiger partial charge in [-0.3, -0.25) is 4.79 Å². The maximum absolute atomic E-state index is 10.8. The van der Waals surface area contributed by atoms with Crippen LogP contribution in [-0.2, 0) is 9.53 Å². The summed E-state index contributed by atoms with van der Waals surface area (Å²) < 4.78 is 4.54. The summed E-state index contributed by atoms with van der Waals surface area (Å²) in [6, 6.07) is 1.97. The van der Waals surface area contributed by atoms with Gasteiger partial charge in [0.2, 0.25) is 0 Å². The minimum absolute atomic E-state index is 0.119. The smallest absolute Gasteiger partial charge is 0.305 e. The number of ether oxygens (including phenoxy) is 1. The molecule has 0 aliphatic rings. The molecule has 15 heavy (non-hydrogen) atoms. The molecule has 0 radical (unpaired) electrons. The van der Waals surface area contributed by atoms with Gasteiger partial charge in [-0.2, -0.15) is 5.26 Å². The molecular weight excluding hydrogens is 190 g/mol. The first-order valence-electron chi connectivity index (χ1n) is 5.42. The highest BCUT2D eigenvalue weighted by Gasteiger charge is 1.98. The summed E-state index contributed by atoms with van der Waals surface area (Å²) in [5, 5.41) is 8.23. The molecule has 0 aromatic carbocycles. The number of nitrogens with zero attached hydrogens (tertiary/aromatic N) is 1. The first-order chi connectivity index (χ1) is 7.31. The number of rotatable bonds is 8. The van der Waals surface area contributed by atoms with Gasteiger partial charge in [0.05, 0.1) is 13.2 Å². The highest BCUT2D eigenvalue weighted by atomic mass is 16.5. The number of methoxy groups -OCH3 is 1. The fraction of sp³-hybridized carbons (Fsp3) is 0.667. The average Bonchev–Trinajstić information content (AvgIpc) is 2.26. The number of nitriles is 1. The van der Waals surface area contributed by atoms with E-state index in [1.807, 2.05) is 12.1 Å². The maximum atomic E-state index is 10.8. The Labute approximate surface area is 91.7 Å². The molecule has 0 aliphatic heterocycles. The third-order valence-corrected chi connectivity index (χ3v) is 2.17. The summed E-state index contributed by atoms with van der Waals surface area (Å²) in [6.07, 6.45) is 10.4. The summed E-state index contributed by atoms with van der Waals surface area (Å²) in [5.41, 5.74) is 0. The van der Waals surface area contributed by atoms with Gasteiger partial charge in [-0.05, 0) is 19.3 Å². The van der Waals surface area contributed by atoms with Crippen molar-refractivity contribution in [2.24, 2.45) is 0 Å². The van der Waals surface area contributed by atoms with Crippen molar-refractivity contribution in [3.05, 3.63) is 12.2 Å². The van der Waals surface area contributed by atoms with Crippen molar-refractivity contribution in [2.45, 2.75) is 44.9 Å². The standard InChI is InChI=1S/C12H19NO2/c1-15-12(14)10-8-6-4-2-3-5-7-9-11-13/h7,9H,2-6,8,10H2,1H3/b9-7-. The number of hydrogen-bond donors (Lipinski definition) is 0. The van der Waals surface area contributed by atoms with Crippen LogP contribution in [0.2, 0.25) is 0 Å². The van der Waals surface area contributed by atoms with Crippen molar-refractivity contribution in [1.82, 2.24) is 0 Å². The van der Waals surface area contributed by atoms with Gasteiger partial charge in [0.1, 0.15) is 0 Å². The molecule has 0 aliphatic carbocycles. The molecule has 0 saturated heterocycles. The normalized spacial score (nSPS) is 10.1. The van der Waals surface area contributed by atoms with E-state index < -0.39 is 0 Å². The Hall–Kier alpha value is -1.30. The highest BCUT2D eigenvalue weighted by Crippen LogP contribution is 2.07. The molecule has 0 atom stereocenters. The van der Waals surface area contributed by atoms with E-state index in [9.17, 15) is 4.79 Å². The highest BCUT2D eigenvalue weighted by molar-refractivity contribution is 5.68. The number of esters is 1. The van der Waals surface area contributed by atoms with E-state index in [4.69, 9.17) is 5.26 Å². The Kier molecular flexibility index (Phi) is 9.84. The maximum Gasteiger partial charge on any atom is 0.305 e. The van der Waals surface area contributed by atoms with Gasteiger partial charge in [0.15, 0.2) is 0 Å². The minimum atomic E-state index is -0.119. The SMILES string of the molecule is COC(=O)CCCCCCC/C=C\C#N. The van der Waals surface area contributed by atoms with E-state index in [-0.39, 0.29) is 5.97 Å². The second-order valence-electron chi connectivity index (χ2n) is 3.41. The lowest BCUT2D eigenvalue weighted by molar-refractivity contribution is -0.140. The third-order valence-electron chi connectivity index (χ3n) is 2.17. The van der Waals surface area contributed by atoms with E-state index in [0.717, 1.165) is 38.5 Å². The van der Waals surface area contributed by atoms with Crippen molar-refractivity contribution in [2.75, 3.05) is 7.11 Å². The van der Waals surface area contributed by atoms with Gasteiger partial charge < -0.3 is 4.74 Å². The van der Waals surface area contributed by atoms with Crippen LogP contribution >= 0.6 is 0 Å². The molecule has 0 aromatic heterocycles. The summed E-state index contributed by atoms with van der Waals surface area (Å²) in [4.78, 5) is 10.8. The van der Waals surface area contributed by atoms with Crippen LogP contribution in [0.25, 0.3) is 0 Å². The molecular formula is C12H19NO2. The van der Waals surface area contributed by atoms with E-state index in [2.05, 4.69) is 4.74 Å². The zero-order chi connectivity index (χ0) is 11.4. The molecule has 0 unspecified atom stereocenters. The molecule has 0 bridgehead atoms. The quantitative estimate of drug-likeness (QED) is 0.351. The lowest BCUT2D eigenvalue weighted by Gasteiger charge is -1.99. The summed E-state index contributed by atoms with van der Waals surface area (Å²) >= 11 is 0. The van der Waals surface area contributed by atoms with Crippen molar-refractivity contribution in [1.29, 1.82) is 5.26 Å². The third kappa shape index (κ3) is 10.6. The van der Waals surface area contributed by atoms with Gasteiger partial charge in [-0.1, -0.05) is 25.3 Å². The Morgan fingerprint density at radius 1 is 1.27 bits per heavy atom. The van der Waals surface area contributed by atoms with Crippen LogP contribution in [0.5, 0.6) is 0 Å². The Balaban J connectivity index is 3.09. The zero-order valence-electron chi connectivity index (χ0n) is 9.37. The monoisotopic (exact) mass is 209 g/mol. The number of unbranched alkanes of at least 4 members (excludes halogenated alkanes) is 5. The molecule has 0 saturated carbocycles. The first kappa shape index (κ1) is 13.7. The Bertz CT molecular complexity index is 228. The summed E-state index contributed by atoms with van der Waals surface area (Å²) in [6.45, 7) is 0. The summed E-state index contributed by atoms with van der Waals surface area (Å²) in [7, 11) is 1.42. The molecule has 0 fully saturated rings. The largest absolute Gasteiger partial charge is 0.469 e. The molecule has 84 valence electrons. The van der Waals surface area contributed by atoms with Gasteiger partial charge >= 0.3 is 5.97 Å². The van der Waals surface area contributed by atoms with E-state index in [1.165, 1.54) is 13.2 Å². The van der Waals surface area contributed by atoms with Crippen LogP contribution in [0.3, 0.4) is 0 Å². The van der Waals surface area contributed by atoms with Crippen LogP contribution in [0.1, 0.15) is 44.9 Å². The van der Waals surface area contributed by atoms with Crippen molar-refractivity contribution >= 4 is 5.97 Å². The summed E-state index contributed by atoms with van der Waals surface area (Å²) in [5.74, 6) is -0.119. The van der Waals surface area contributed by atoms with Gasteiger partial charge in [0.25, 0.3) is 0 Å². The van der Waals surface area contributed by atoms with Crippen molar-refractivity contribution in [3.63, 3.8) is 0 Å². The Morgan fingerprint density at radius 3 is 2.60 bits per heavy atom. The lowest BCUT2D eigenvalue weighted by Crippen LogP contribution is -1.98. The molecule has 0 N–H and O–H groups in total. The van der Waals surface area contributed by atoms with E-state index >= 15 is 0 Å². The second-order valence-corrected chi connectivity index (χ2v) is 3.41. The van der Waals surface area contributed by atoms with E-state index in [0.29, 0.717) is 6.42 Å². The van der Waals surface area contributed by atoms with E-state index in [1.54, 1.807) is 0 Å². The lowest BCUT2D eigenvalue weighted by atomic mass is 10.1. The second kappa shape index (κ2) is 10.8. The predicted molar refractivity (Wildman–Crippen MR) is 59.1 cm³/mol. The van der Waals surface area contributed by atoms with Crippen molar-refractivity contribution in [3.8, 4) is 6.07 Å². The number of carbonyl (C=O) groups is 1. The average molecular weight is 209 g/mol. The molecule has 3 heteroatoms. The van der Waals surface area contributed by atoms with Crippen LogP contribution in [0, 0.1) is 11.3 Å². The molecule has 0 amide bonds. The van der Waals surface area contributed by atoms with Crippen molar-refractivity contribution < 1.29 is 9.53 Å². The zero-order valence-corrected chi connectivity index (χ0v) is 9.37. The number of carbonyl (C=O) groups excluding carboxylic acids is 1. The molecule has 0 spiro atoms. The van der Waals surface area contributed by atoms with Gasteiger partial charge in [-0.15, -0.1) is 0 Å². The topological polar surface area (TPSA) is 50.1 Å². The number of hydrogen-bond acceptors (Lipinski definition) is 3. The first-order valence-corrected chi connectivity index (χ1v) is 5.42. The molecule has 0 rings (SSSR count). The van der Waals surface area contributed by atoms with Crippen LogP contribution in [0.15, 0.2) is 12.2 Å². The van der Waals surface area contributed by atoms with Gasteiger partial charge in [0, 0.05) is 12.5 Å². The van der Waals surface area contributed by atoms with Crippen LogP contribution < -0.4 is 0 Å². The van der Waals surface area contributed by atoms with Crippen LogP contribution in [-0.4, -0.2) is 13.1 Å². The minimum Gasteiger partial charge on any atom is -0.469 e. The molecule has 0 heterocycles. The molecule has 3 nitrogen and oxygen atoms in total. The molecule has 0 aromatic rings.